The van der Waals surface area contributed by atoms with Gasteiger partial charge >= 0.3 is 0 Å². The molecule has 1 nitrogen and oxygen atoms in total. The van der Waals surface area contributed by atoms with Crippen molar-refractivity contribution in [1.29, 1.82) is 0 Å². The van der Waals surface area contributed by atoms with Gasteiger partial charge in [-0.2, -0.15) is 0 Å². The number of benzene rings is 1. The summed E-state index contributed by atoms with van der Waals surface area (Å²) in [6, 6.07) is 8.83. The Morgan fingerprint density at radius 2 is 1.29 bits per heavy atom. The molecule has 1 atom stereocenters. The first kappa shape index (κ1) is 11.3. The molecule has 1 rings (SSSR count). The third-order valence-corrected chi connectivity index (χ3v) is 2.71. The normalized spacial score (nSPS) is 13.6. The summed E-state index contributed by atoms with van der Waals surface area (Å²) in [6.45, 7) is 8.72. The Hall–Kier alpha value is -0.820. The Bertz CT molecular complexity index is 272. The van der Waals surface area contributed by atoms with E-state index in [1.807, 2.05) is 0 Å². The highest BCUT2D eigenvalue weighted by molar-refractivity contribution is 5.26. The summed E-state index contributed by atoms with van der Waals surface area (Å²) in [5, 5.41) is 0. The second-order valence-corrected chi connectivity index (χ2v) is 4.59. The molecule has 0 radical (unpaired) electrons. The maximum absolute atomic E-state index is 6.06. The molecule has 1 unspecified atom stereocenters. The Balaban J connectivity index is 2.83. The lowest BCUT2D eigenvalue weighted by molar-refractivity contribution is 0.514. The molecule has 78 valence electrons. The van der Waals surface area contributed by atoms with Gasteiger partial charge in [-0.25, -0.2) is 0 Å². The maximum Gasteiger partial charge on any atom is 0.0318 e. The number of rotatable bonds is 3. The van der Waals surface area contributed by atoms with Gasteiger partial charge in [0.05, 0.1) is 0 Å². The zero-order valence-electron chi connectivity index (χ0n) is 9.62. The summed E-state index contributed by atoms with van der Waals surface area (Å²) in [6.07, 6.45) is 0. The quantitative estimate of drug-likeness (QED) is 0.778. The van der Waals surface area contributed by atoms with E-state index in [9.17, 15) is 0 Å². The highest BCUT2D eigenvalue weighted by Gasteiger charge is 2.10. The van der Waals surface area contributed by atoms with E-state index in [1.54, 1.807) is 0 Å². The van der Waals surface area contributed by atoms with E-state index in [-0.39, 0.29) is 6.04 Å². The van der Waals surface area contributed by atoms with Gasteiger partial charge in [0.2, 0.25) is 0 Å². The highest BCUT2D eigenvalue weighted by atomic mass is 14.6. The van der Waals surface area contributed by atoms with Crippen molar-refractivity contribution in [2.24, 2.45) is 11.7 Å². The van der Waals surface area contributed by atoms with Gasteiger partial charge in [0, 0.05) is 6.04 Å². The fraction of sp³-hybridized carbons (Fsp3) is 0.538. The second-order valence-electron chi connectivity index (χ2n) is 4.59. The molecule has 0 saturated heterocycles. The Morgan fingerprint density at radius 3 is 1.64 bits per heavy atom. The molecule has 0 amide bonds. The first-order chi connectivity index (χ1) is 6.52. The molecule has 0 saturated carbocycles. The van der Waals surface area contributed by atoms with E-state index < -0.39 is 0 Å². The van der Waals surface area contributed by atoms with E-state index in [1.165, 1.54) is 11.1 Å². The van der Waals surface area contributed by atoms with Crippen molar-refractivity contribution in [3.63, 3.8) is 0 Å². The molecule has 0 heterocycles. The van der Waals surface area contributed by atoms with Crippen LogP contribution < -0.4 is 5.73 Å². The summed E-state index contributed by atoms with van der Waals surface area (Å²) in [5.74, 6) is 1.10. The molecular formula is C13H21N. The number of hydrogen-bond donors (Lipinski definition) is 1. The van der Waals surface area contributed by atoms with Crippen molar-refractivity contribution in [3.05, 3.63) is 35.4 Å². The molecule has 0 aliphatic heterocycles. The minimum Gasteiger partial charge on any atom is -0.324 e. The molecule has 2 N–H and O–H groups in total. The molecule has 14 heavy (non-hydrogen) atoms. The van der Waals surface area contributed by atoms with Crippen molar-refractivity contribution in [2.45, 2.75) is 39.7 Å². The third kappa shape index (κ3) is 2.58. The van der Waals surface area contributed by atoms with Gasteiger partial charge in [-0.15, -0.1) is 0 Å². The zero-order valence-corrected chi connectivity index (χ0v) is 9.62. The van der Waals surface area contributed by atoms with Crippen LogP contribution in [-0.2, 0) is 0 Å². The molecule has 0 spiro atoms. The average molecular weight is 191 g/mol. The SMILES string of the molecule is CC(C)c1ccc(C(N)C(C)C)cc1. The summed E-state index contributed by atoms with van der Waals surface area (Å²) in [5.41, 5.74) is 8.68. The van der Waals surface area contributed by atoms with Crippen molar-refractivity contribution in [1.82, 2.24) is 0 Å². The average Bonchev–Trinajstić information content (AvgIpc) is 2.16. The van der Waals surface area contributed by atoms with Crippen LogP contribution in [-0.4, -0.2) is 0 Å². The predicted molar refractivity (Wildman–Crippen MR) is 62.3 cm³/mol. The summed E-state index contributed by atoms with van der Waals surface area (Å²) in [7, 11) is 0. The van der Waals surface area contributed by atoms with Gasteiger partial charge in [-0.1, -0.05) is 52.0 Å². The van der Waals surface area contributed by atoms with Crippen LogP contribution >= 0.6 is 0 Å². The Kier molecular flexibility index (Phi) is 3.70. The minimum absolute atomic E-state index is 0.163. The van der Waals surface area contributed by atoms with E-state index in [0.29, 0.717) is 11.8 Å². The van der Waals surface area contributed by atoms with E-state index in [0.717, 1.165) is 0 Å². The van der Waals surface area contributed by atoms with E-state index in [4.69, 9.17) is 5.73 Å². The zero-order chi connectivity index (χ0) is 10.7. The van der Waals surface area contributed by atoms with Crippen LogP contribution in [0.2, 0.25) is 0 Å². The molecule has 1 aromatic carbocycles. The summed E-state index contributed by atoms with van der Waals surface area (Å²) >= 11 is 0. The molecular weight excluding hydrogens is 170 g/mol. The van der Waals surface area contributed by atoms with Crippen LogP contribution in [0.3, 0.4) is 0 Å². The van der Waals surface area contributed by atoms with Gasteiger partial charge in [0.1, 0.15) is 0 Å². The summed E-state index contributed by atoms with van der Waals surface area (Å²) < 4.78 is 0. The van der Waals surface area contributed by atoms with E-state index >= 15 is 0 Å². The monoisotopic (exact) mass is 191 g/mol. The van der Waals surface area contributed by atoms with Crippen LogP contribution in [0.15, 0.2) is 24.3 Å². The molecule has 0 aliphatic rings. The number of hydrogen-bond acceptors (Lipinski definition) is 1. The highest BCUT2D eigenvalue weighted by Crippen LogP contribution is 2.21. The second kappa shape index (κ2) is 4.61. The lowest BCUT2D eigenvalue weighted by Gasteiger charge is -2.16. The summed E-state index contributed by atoms with van der Waals surface area (Å²) in [4.78, 5) is 0. The van der Waals surface area contributed by atoms with Crippen LogP contribution in [0.1, 0.15) is 50.8 Å². The van der Waals surface area contributed by atoms with Crippen LogP contribution in [0.25, 0.3) is 0 Å². The first-order valence-corrected chi connectivity index (χ1v) is 5.37. The fourth-order valence-electron chi connectivity index (χ4n) is 1.49. The molecule has 0 fully saturated rings. The standard InChI is InChI=1S/C13H21N/c1-9(2)11-5-7-12(8-6-11)13(14)10(3)4/h5-10,13H,14H2,1-4H3. The van der Waals surface area contributed by atoms with Crippen molar-refractivity contribution in [2.75, 3.05) is 0 Å². The van der Waals surface area contributed by atoms with Gasteiger partial charge in [-0.05, 0) is 23.0 Å². The van der Waals surface area contributed by atoms with Gasteiger partial charge in [0.15, 0.2) is 0 Å². The maximum atomic E-state index is 6.06. The van der Waals surface area contributed by atoms with Crippen LogP contribution in [0, 0.1) is 5.92 Å². The van der Waals surface area contributed by atoms with Gasteiger partial charge in [0.25, 0.3) is 0 Å². The molecule has 0 aromatic heterocycles. The van der Waals surface area contributed by atoms with Crippen molar-refractivity contribution >= 4 is 0 Å². The van der Waals surface area contributed by atoms with Crippen molar-refractivity contribution in [3.8, 4) is 0 Å². The van der Waals surface area contributed by atoms with Gasteiger partial charge < -0.3 is 5.73 Å². The predicted octanol–water partition coefficient (Wildman–Crippen LogP) is 3.47. The van der Waals surface area contributed by atoms with E-state index in [2.05, 4.69) is 52.0 Å². The first-order valence-electron chi connectivity index (χ1n) is 5.37. The van der Waals surface area contributed by atoms with Gasteiger partial charge in [-0.3, -0.25) is 0 Å². The van der Waals surface area contributed by atoms with Crippen molar-refractivity contribution < 1.29 is 0 Å². The fourth-order valence-corrected chi connectivity index (χ4v) is 1.49. The minimum atomic E-state index is 0.163. The lowest BCUT2D eigenvalue weighted by atomic mass is 9.94. The lowest BCUT2D eigenvalue weighted by Crippen LogP contribution is -2.16. The molecule has 1 aromatic rings. The largest absolute Gasteiger partial charge is 0.324 e. The Morgan fingerprint density at radius 1 is 0.857 bits per heavy atom. The topological polar surface area (TPSA) is 26.0 Å². The smallest absolute Gasteiger partial charge is 0.0318 e. The Labute approximate surface area is 87.3 Å². The third-order valence-electron chi connectivity index (χ3n) is 2.71. The molecule has 1 heteroatoms. The van der Waals surface area contributed by atoms with Crippen LogP contribution in [0.5, 0.6) is 0 Å². The van der Waals surface area contributed by atoms with Crippen LogP contribution in [0.4, 0.5) is 0 Å². The number of nitrogens with two attached hydrogens (primary N) is 1. The molecule has 0 bridgehead atoms. The molecule has 0 aliphatic carbocycles.